The van der Waals surface area contributed by atoms with E-state index in [4.69, 9.17) is 4.52 Å². The zero-order valence-corrected chi connectivity index (χ0v) is 6.07. The van der Waals surface area contributed by atoms with E-state index >= 15 is 0 Å². The molecule has 1 aromatic carbocycles. The quantitative estimate of drug-likeness (QED) is 0.562. The van der Waals surface area contributed by atoms with Crippen LogP contribution in [-0.4, -0.2) is 4.74 Å². The number of aryl methyl sites for hydroxylation is 1. The maximum Gasteiger partial charge on any atom is 0.365 e. The van der Waals surface area contributed by atoms with Crippen LogP contribution in [0.4, 0.5) is 0 Å². The predicted molar refractivity (Wildman–Crippen MR) is 41.5 cm³/mol. The van der Waals surface area contributed by atoms with E-state index in [0.717, 1.165) is 5.52 Å². The van der Waals surface area contributed by atoms with Crippen molar-refractivity contribution in [3.63, 3.8) is 0 Å². The summed E-state index contributed by atoms with van der Waals surface area (Å²) in [6.07, 6.45) is 0. The summed E-state index contributed by atoms with van der Waals surface area (Å²) >= 11 is 0. The van der Waals surface area contributed by atoms with Gasteiger partial charge in [0.05, 0.1) is 10.9 Å². The molecule has 3 heteroatoms. The van der Waals surface area contributed by atoms with Crippen molar-refractivity contribution in [2.24, 2.45) is 7.05 Å². The number of rotatable bonds is 0. The van der Waals surface area contributed by atoms with Crippen molar-refractivity contribution in [1.29, 1.82) is 0 Å². The standard InChI is InChI=1S/C8H7NO2/c1-9-7-5-3-2-4-6(7)8(10)11-9/h2-5H,1H3. The van der Waals surface area contributed by atoms with Crippen molar-refractivity contribution in [3.05, 3.63) is 34.7 Å². The smallest absolute Gasteiger partial charge is 0.336 e. The number of hydrogen-bond donors (Lipinski definition) is 0. The summed E-state index contributed by atoms with van der Waals surface area (Å²) in [4.78, 5) is 11.0. The molecule has 0 unspecified atom stereocenters. The summed E-state index contributed by atoms with van der Waals surface area (Å²) in [5, 5.41) is 0.634. The average molecular weight is 149 g/mol. The summed E-state index contributed by atoms with van der Waals surface area (Å²) in [6, 6.07) is 7.29. The zero-order chi connectivity index (χ0) is 7.84. The minimum absolute atomic E-state index is 0.275. The molecule has 0 spiro atoms. The second-order valence-corrected chi connectivity index (χ2v) is 2.39. The summed E-state index contributed by atoms with van der Waals surface area (Å²) in [6.45, 7) is 0. The molecule has 0 saturated heterocycles. The average Bonchev–Trinajstić information content (AvgIpc) is 2.30. The van der Waals surface area contributed by atoms with Crippen LogP contribution in [0.3, 0.4) is 0 Å². The van der Waals surface area contributed by atoms with Crippen LogP contribution in [0.5, 0.6) is 0 Å². The molecule has 0 saturated carbocycles. The second kappa shape index (κ2) is 1.99. The molecule has 0 N–H and O–H groups in total. The zero-order valence-electron chi connectivity index (χ0n) is 6.07. The number of aromatic nitrogens is 1. The van der Waals surface area contributed by atoms with Crippen molar-refractivity contribution >= 4 is 10.9 Å². The normalized spacial score (nSPS) is 10.6. The third kappa shape index (κ3) is 0.774. The van der Waals surface area contributed by atoms with E-state index in [1.54, 1.807) is 13.1 Å². The first-order chi connectivity index (χ1) is 5.29. The van der Waals surface area contributed by atoms with Gasteiger partial charge in [0.1, 0.15) is 0 Å². The first-order valence-corrected chi connectivity index (χ1v) is 3.34. The van der Waals surface area contributed by atoms with Gasteiger partial charge in [0.15, 0.2) is 0 Å². The number of fused-ring (bicyclic) bond motifs is 1. The Morgan fingerprint density at radius 2 is 2.09 bits per heavy atom. The molecule has 0 fully saturated rings. The van der Waals surface area contributed by atoms with Crippen molar-refractivity contribution in [1.82, 2.24) is 4.74 Å². The Balaban J connectivity index is 3.07. The molecular weight excluding hydrogens is 142 g/mol. The van der Waals surface area contributed by atoms with Crippen LogP contribution in [0.15, 0.2) is 33.6 Å². The van der Waals surface area contributed by atoms with Crippen LogP contribution in [-0.2, 0) is 7.05 Å². The Morgan fingerprint density at radius 1 is 1.36 bits per heavy atom. The van der Waals surface area contributed by atoms with Crippen LogP contribution in [0, 0.1) is 0 Å². The van der Waals surface area contributed by atoms with Crippen LogP contribution in [0.25, 0.3) is 10.9 Å². The molecule has 1 aromatic heterocycles. The van der Waals surface area contributed by atoms with Gasteiger partial charge < -0.3 is 4.52 Å². The Bertz CT molecular complexity index is 439. The largest absolute Gasteiger partial charge is 0.365 e. The Kier molecular flexibility index (Phi) is 1.12. The van der Waals surface area contributed by atoms with E-state index in [1.807, 2.05) is 18.2 Å². The predicted octanol–water partition coefficient (Wildman–Crippen LogP) is 1.13. The minimum atomic E-state index is -0.275. The van der Waals surface area contributed by atoms with E-state index in [0.29, 0.717) is 5.39 Å². The fourth-order valence-corrected chi connectivity index (χ4v) is 1.14. The van der Waals surface area contributed by atoms with Gasteiger partial charge in [-0.05, 0) is 12.1 Å². The van der Waals surface area contributed by atoms with Crippen LogP contribution in [0.2, 0.25) is 0 Å². The van der Waals surface area contributed by atoms with Gasteiger partial charge in [-0.25, -0.2) is 9.53 Å². The highest BCUT2D eigenvalue weighted by Gasteiger charge is 2.02. The van der Waals surface area contributed by atoms with Gasteiger partial charge in [0.2, 0.25) is 0 Å². The molecule has 0 bridgehead atoms. The Labute approximate surface area is 62.8 Å². The lowest BCUT2D eigenvalue weighted by atomic mass is 10.3. The van der Waals surface area contributed by atoms with Crippen molar-refractivity contribution in [2.75, 3.05) is 0 Å². The Morgan fingerprint density at radius 3 is 2.82 bits per heavy atom. The van der Waals surface area contributed by atoms with Gasteiger partial charge in [0.25, 0.3) is 0 Å². The number of hydrogen-bond acceptors (Lipinski definition) is 2. The van der Waals surface area contributed by atoms with Gasteiger partial charge in [-0.3, -0.25) is 0 Å². The van der Waals surface area contributed by atoms with E-state index in [1.165, 1.54) is 4.74 Å². The van der Waals surface area contributed by atoms with Gasteiger partial charge in [-0.2, -0.15) is 0 Å². The topological polar surface area (TPSA) is 35.1 Å². The highest BCUT2D eigenvalue weighted by Crippen LogP contribution is 2.07. The molecule has 2 aromatic rings. The second-order valence-electron chi connectivity index (χ2n) is 2.39. The van der Waals surface area contributed by atoms with Gasteiger partial charge in [-0.15, -0.1) is 0 Å². The van der Waals surface area contributed by atoms with Crippen molar-refractivity contribution in [3.8, 4) is 0 Å². The number of benzene rings is 1. The molecule has 2 rings (SSSR count). The summed E-state index contributed by atoms with van der Waals surface area (Å²) in [5.74, 6) is 0. The molecule has 0 amide bonds. The van der Waals surface area contributed by atoms with Crippen LogP contribution in [0.1, 0.15) is 0 Å². The van der Waals surface area contributed by atoms with Crippen molar-refractivity contribution in [2.45, 2.75) is 0 Å². The maximum absolute atomic E-state index is 11.0. The van der Waals surface area contributed by atoms with Crippen molar-refractivity contribution < 1.29 is 4.52 Å². The molecule has 0 atom stereocenters. The number of nitrogens with zero attached hydrogens (tertiary/aromatic N) is 1. The molecule has 0 aliphatic heterocycles. The third-order valence-corrected chi connectivity index (χ3v) is 1.68. The van der Waals surface area contributed by atoms with Gasteiger partial charge in [-0.1, -0.05) is 12.1 Å². The minimum Gasteiger partial charge on any atom is -0.336 e. The van der Waals surface area contributed by atoms with Crippen LogP contribution < -0.4 is 5.63 Å². The molecule has 0 aliphatic rings. The molecular formula is C8H7NO2. The summed E-state index contributed by atoms with van der Waals surface area (Å²) in [7, 11) is 1.71. The SMILES string of the molecule is Cn1oc(=O)c2ccccc21. The fourth-order valence-electron chi connectivity index (χ4n) is 1.14. The van der Waals surface area contributed by atoms with E-state index in [-0.39, 0.29) is 5.63 Å². The summed E-state index contributed by atoms with van der Waals surface area (Å²) < 4.78 is 6.30. The highest BCUT2D eigenvalue weighted by molar-refractivity contribution is 5.77. The van der Waals surface area contributed by atoms with E-state index in [2.05, 4.69) is 0 Å². The van der Waals surface area contributed by atoms with Gasteiger partial charge >= 0.3 is 5.63 Å². The molecule has 3 nitrogen and oxygen atoms in total. The van der Waals surface area contributed by atoms with E-state index < -0.39 is 0 Å². The molecule has 1 heterocycles. The highest BCUT2D eigenvalue weighted by atomic mass is 16.5. The monoisotopic (exact) mass is 149 g/mol. The van der Waals surface area contributed by atoms with Gasteiger partial charge in [0, 0.05) is 7.05 Å². The first-order valence-electron chi connectivity index (χ1n) is 3.34. The number of para-hydroxylation sites is 1. The molecule has 0 radical (unpaired) electrons. The molecule has 0 aliphatic carbocycles. The molecule has 11 heavy (non-hydrogen) atoms. The lowest BCUT2D eigenvalue weighted by Gasteiger charge is -1.88. The third-order valence-electron chi connectivity index (χ3n) is 1.68. The lowest BCUT2D eigenvalue weighted by molar-refractivity contribution is 0.296. The molecule has 56 valence electrons. The lowest BCUT2D eigenvalue weighted by Crippen LogP contribution is -1.90. The maximum atomic E-state index is 11.0. The van der Waals surface area contributed by atoms with E-state index in [9.17, 15) is 4.79 Å². The Hall–Kier alpha value is -1.51. The van der Waals surface area contributed by atoms with Crippen LogP contribution >= 0.6 is 0 Å². The summed E-state index contributed by atoms with van der Waals surface area (Å²) in [5.41, 5.74) is 0.556. The fraction of sp³-hybridized carbons (Fsp3) is 0.125. The first kappa shape index (κ1) is 6.22.